The van der Waals surface area contributed by atoms with Crippen LogP contribution in [0, 0.1) is 0 Å². The number of carbonyl (C=O) groups is 2. The number of benzene rings is 1. The maximum atomic E-state index is 12.7. The highest BCUT2D eigenvalue weighted by Gasteiger charge is 2.32. The van der Waals surface area contributed by atoms with E-state index >= 15 is 0 Å². The quantitative estimate of drug-likeness (QED) is 0.812. The number of ether oxygens (including phenoxy) is 1. The van der Waals surface area contributed by atoms with Crippen LogP contribution in [0.15, 0.2) is 36.4 Å². The Labute approximate surface area is 134 Å². The van der Waals surface area contributed by atoms with Gasteiger partial charge >= 0.3 is 5.97 Å². The first kappa shape index (κ1) is 15.3. The van der Waals surface area contributed by atoms with Crippen LogP contribution >= 0.6 is 0 Å². The number of hydrogen-bond acceptors (Lipinski definition) is 4. The molecule has 0 bridgehead atoms. The van der Waals surface area contributed by atoms with E-state index in [9.17, 15) is 9.59 Å². The summed E-state index contributed by atoms with van der Waals surface area (Å²) >= 11 is 0. The van der Waals surface area contributed by atoms with E-state index in [2.05, 4.69) is 5.10 Å². The summed E-state index contributed by atoms with van der Waals surface area (Å²) in [6.45, 7) is 5.11. The second kappa shape index (κ2) is 6.24. The molecular weight excluding hydrogens is 294 g/mol. The SMILES string of the molecule is CCOC(=O)c1cc2n(n1)C(C)CN(Cc1ccccc1)C2=O. The fourth-order valence-corrected chi connectivity index (χ4v) is 2.78. The lowest BCUT2D eigenvalue weighted by Crippen LogP contribution is -2.41. The van der Waals surface area contributed by atoms with E-state index < -0.39 is 5.97 Å². The molecule has 1 aliphatic rings. The van der Waals surface area contributed by atoms with Gasteiger partial charge < -0.3 is 9.64 Å². The second-order valence-corrected chi connectivity index (χ2v) is 5.60. The van der Waals surface area contributed by atoms with Gasteiger partial charge in [0.15, 0.2) is 5.69 Å². The van der Waals surface area contributed by atoms with Crippen molar-refractivity contribution in [2.75, 3.05) is 13.2 Å². The average Bonchev–Trinajstić information content (AvgIpc) is 3.00. The van der Waals surface area contributed by atoms with Crippen LogP contribution in [0.3, 0.4) is 0 Å². The first-order valence-corrected chi connectivity index (χ1v) is 7.70. The third-order valence-corrected chi connectivity index (χ3v) is 3.85. The van der Waals surface area contributed by atoms with Crippen molar-refractivity contribution in [1.29, 1.82) is 0 Å². The Kier molecular flexibility index (Phi) is 4.14. The van der Waals surface area contributed by atoms with E-state index in [0.717, 1.165) is 5.56 Å². The molecular formula is C17H19N3O3. The van der Waals surface area contributed by atoms with Crippen molar-refractivity contribution >= 4 is 11.9 Å². The molecule has 2 aromatic rings. The van der Waals surface area contributed by atoms with Gasteiger partial charge in [0.05, 0.1) is 12.6 Å². The molecule has 0 aliphatic carbocycles. The molecule has 1 aliphatic heterocycles. The van der Waals surface area contributed by atoms with Gasteiger partial charge in [-0.2, -0.15) is 5.10 Å². The lowest BCUT2D eigenvalue weighted by atomic mass is 10.1. The Morgan fingerprint density at radius 1 is 1.35 bits per heavy atom. The zero-order valence-electron chi connectivity index (χ0n) is 13.2. The van der Waals surface area contributed by atoms with Crippen molar-refractivity contribution in [2.45, 2.75) is 26.4 Å². The highest BCUT2D eigenvalue weighted by Crippen LogP contribution is 2.23. The zero-order valence-corrected chi connectivity index (χ0v) is 13.2. The zero-order chi connectivity index (χ0) is 16.4. The molecule has 2 heterocycles. The first-order valence-electron chi connectivity index (χ1n) is 7.70. The van der Waals surface area contributed by atoms with Crippen molar-refractivity contribution in [3.8, 4) is 0 Å². The number of hydrogen-bond donors (Lipinski definition) is 0. The van der Waals surface area contributed by atoms with Crippen LogP contribution < -0.4 is 0 Å². The van der Waals surface area contributed by atoms with E-state index in [0.29, 0.717) is 18.8 Å². The summed E-state index contributed by atoms with van der Waals surface area (Å²) < 4.78 is 6.58. The van der Waals surface area contributed by atoms with Crippen molar-refractivity contribution < 1.29 is 14.3 Å². The molecule has 0 fully saturated rings. The van der Waals surface area contributed by atoms with Gasteiger partial charge in [-0.05, 0) is 19.4 Å². The highest BCUT2D eigenvalue weighted by atomic mass is 16.5. The number of nitrogens with zero attached hydrogens (tertiary/aromatic N) is 3. The smallest absolute Gasteiger partial charge is 0.358 e. The number of carbonyl (C=O) groups excluding carboxylic acids is 2. The summed E-state index contributed by atoms with van der Waals surface area (Å²) in [5.74, 6) is -0.612. The molecule has 6 nitrogen and oxygen atoms in total. The van der Waals surface area contributed by atoms with E-state index in [1.165, 1.54) is 6.07 Å². The van der Waals surface area contributed by atoms with Gasteiger partial charge in [0.25, 0.3) is 5.91 Å². The lowest BCUT2D eigenvalue weighted by molar-refractivity contribution is 0.0516. The Morgan fingerprint density at radius 3 is 2.78 bits per heavy atom. The van der Waals surface area contributed by atoms with Crippen molar-refractivity contribution in [2.24, 2.45) is 0 Å². The fraction of sp³-hybridized carbons (Fsp3) is 0.353. The molecule has 0 N–H and O–H groups in total. The van der Waals surface area contributed by atoms with E-state index in [4.69, 9.17) is 4.74 Å². The number of esters is 1. The topological polar surface area (TPSA) is 64.4 Å². The summed E-state index contributed by atoms with van der Waals surface area (Å²) in [6.07, 6.45) is 0. The van der Waals surface area contributed by atoms with Crippen LogP contribution in [0.25, 0.3) is 0 Å². The molecule has 23 heavy (non-hydrogen) atoms. The van der Waals surface area contributed by atoms with E-state index in [1.807, 2.05) is 37.3 Å². The second-order valence-electron chi connectivity index (χ2n) is 5.60. The molecule has 1 aromatic carbocycles. The molecule has 0 saturated heterocycles. The summed E-state index contributed by atoms with van der Waals surface area (Å²) in [5.41, 5.74) is 1.69. The summed E-state index contributed by atoms with van der Waals surface area (Å²) in [7, 11) is 0. The molecule has 0 spiro atoms. The Morgan fingerprint density at radius 2 is 2.09 bits per heavy atom. The third-order valence-electron chi connectivity index (χ3n) is 3.85. The molecule has 1 amide bonds. The Hall–Kier alpha value is -2.63. The van der Waals surface area contributed by atoms with Crippen molar-refractivity contribution in [3.05, 3.63) is 53.3 Å². The van der Waals surface area contributed by atoms with Crippen LogP contribution in [0.5, 0.6) is 0 Å². The summed E-state index contributed by atoms with van der Waals surface area (Å²) in [4.78, 5) is 26.3. The minimum absolute atomic E-state index is 0.00888. The number of amides is 1. The molecule has 120 valence electrons. The minimum atomic E-state index is -0.496. The number of aromatic nitrogens is 2. The number of fused-ring (bicyclic) bond motifs is 1. The van der Waals surface area contributed by atoms with Gasteiger partial charge in [0, 0.05) is 19.2 Å². The largest absolute Gasteiger partial charge is 0.461 e. The molecule has 1 unspecified atom stereocenters. The molecule has 3 rings (SSSR count). The lowest BCUT2D eigenvalue weighted by Gasteiger charge is -2.31. The average molecular weight is 313 g/mol. The Bertz CT molecular complexity index is 724. The van der Waals surface area contributed by atoms with Crippen LogP contribution in [-0.2, 0) is 11.3 Å². The number of rotatable bonds is 4. The molecule has 1 aromatic heterocycles. The van der Waals surface area contributed by atoms with Gasteiger partial charge in [-0.1, -0.05) is 30.3 Å². The summed E-state index contributed by atoms with van der Waals surface area (Å²) in [5, 5.41) is 4.24. The van der Waals surface area contributed by atoms with Crippen LogP contribution in [0.1, 0.15) is 46.4 Å². The fourth-order valence-electron chi connectivity index (χ4n) is 2.78. The summed E-state index contributed by atoms with van der Waals surface area (Å²) in [6, 6.07) is 11.4. The predicted octanol–water partition coefficient (Wildman–Crippen LogP) is 2.28. The minimum Gasteiger partial charge on any atom is -0.461 e. The Balaban J connectivity index is 1.85. The maximum Gasteiger partial charge on any atom is 0.358 e. The van der Waals surface area contributed by atoms with Crippen LogP contribution in [-0.4, -0.2) is 39.7 Å². The molecule has 0 radical (unpaired) electrons. The third kappa shape index (κ3) is 2.97. The standard InChI is InChI=1S/C17H19N3O3/c1-3-23-17(22)14-9-15-16(21)19(10-12(2)20(15)18-14)11-13-7-5-4-6-8-13/h4-9,12H,3,10-11H2,1-2H3. The molecule has 0 saturated carbocycles. The van der Waals surface area contributed by atoms with E-state index in [-0.39, 0.29) is 24.2 Å². The van der Waals surface area contributed by atoms with Crippen LogP contribution in [0.2, 0.25) is 0 Å². The van der Waals surface area contributed by atoms with Gasteiger partial charge in [0.2, 0.25) is 0 Å². The normalized spacial score (nSPS) is 17.0. The van der Waals surface area contributed by atoms with Crippen LogP contribution in [0.4, 0.5) is 0 Å². The van der Waals surface area contributed by atoms with Crippen molar-refractivity contribution in [3.63, 3.8) is 0 Å². The monoisotopic (exact) mass is 313 g/mol. The maximum absolute atomic E-state index is 12.7. The van der Waals surface area contributed by atoms with Crippen molar-refractivity contribution in [1.82, 2.24) is 14.7 Å². The first-order chi connectivity index (χ1) is 11.1. The highest BCUT2D eigenvalue weighted by molar-refractivity contribution is 5.96. The molecule has 6 heteroatoms. The molecule has 1 atom stereocenters. The van der Waals surface area contributed by atoms with Gasteiger partial charge in [-0.25, -0.2) is 4.79 Å². The van der Waals surface area contributed by atoms with Gasteiger partial charge in [0.1, 0.15) is 5.69 Å². The van der Waals surface area contributed by atoms with E-state index in [1.54, 1.807) is 16.5 Å². The van der Waals surface area contributed by atoms with Gasteiger partial charge in [-0.15, -0.1) is 0 Å². The van der Waals surface area contributed by atoms with Gasteiger partial charge in [-0.3, -0.25) is 9.48 Å². The predicted molar refractivity (Wildman–Crippen MR) is 84.1 cm³/mol.